The van der Waals surface area contributed by atoms with E-state index in [-0.39, 0.29) is 0 Å². The molecule has 0 bridgehead atoms. The van der Waals surface area contributed by atoms with E-state index in [1.54, 1.807) is 0 Å². The molecule has 0 radical (unpaired) electrons. The minimum Gasteiger partial charge on any atom is -0.450 e. The summed E-state index contributed by atoms with van der Waals surface area (Å²) in [5.74, 6) is 0. The van der Waals surface area contributed by atoms with Gasteiger partial charge in [-0.05, 0) is 0 Å². The third-order valence-electron chi connectivity index (χ3n) is 0.741. The van der Waals surface area contributed by atoms with E-state index in [9.17, 15) is 22.0 Å². The summed E-state index contributed by atoms with van der Waals surface area (Å²) in [7, 11) is -5.54. The highest BCUT2D eigenvalue weighted by Crippen LogP contribution is 2.20. The molecule has 12 heavy (non-hydrogen) atoms. The van der Waals surface area contributed by atoms with E-state index in [0.29, 0.717) is 0 Å². The normalized spacial score (nSPS) is 12.7. The zero-order valence-corrected chi connectivity index (χ0v) is 7.11. The molecule has 9 heteroatoms. The third kappa shape index (κ3) is 3.32. The van der Waals surface area contributed by atoms with Gasteiger partial charge in [-0.2, -0.15) is 17.2 Å². The number of ether oxygens (including phenoxy) is 1. The number of hydrogen-bond acceptors (Lipinski definition) is 4. The molecule has 0 fully saturated rings. The summed E-state index contributed by atoms with van der Waals surface area (Å²) in [4.78, 5) is 9.85. The Balaban J connectivity index is 4.35. The summed E-state index contributed by atoms with van der Waals surface area (Å²) < 4.78 is 55.4. The largest absolute Gasteiger partial charge is 0.450 e. The maximum Gasteiger partial charge on any atom is 0.402 e. The van der Waals surface area contributed by atoms with E-state index in [2.05, 4.69) is 17.4 Å². The average molecular weight is 222 g/mol. The van der Waals surface area contributed by atoms with Gasteiger partial charge in [-0.25, -0.2) is 4.79 Å². The van der Waals surface area contributed by atoms with Gasteiger partial charge in [-0.15, -0.1) is 0 Å². The topological polar surface area (TPSA) is 80.7 Å². The maximum absolute atomic E-state index is 12.1. The lowest BCUT2D eigenvalue weighted by Crippen LogP contribution is -2.33. The smallest absolute Gasteiger partial charge is 0.402 e. The van der Waals surface area contributed by atoms with Gasteiger partial charge in [0.25, 0.3) is 0 Å². The SMILES string of the molecule is O=C(S)OCC(F)(F)S(=O)(=O)O. The molecule has 0 saturated carbocycles. The highest BCUT2D eigenvalue weighted by molar-refractivity contribution is 7.96. The minimum atomic E-state index is -5.54. The van der Waals surface area contributed by atoms with Crippen LogP contribution in [-0.4, -0.2) is 30.1 Å². The van der Waals surface area contributed by atoms with Crippen molar-refractivity contribution in [3.63, 3.8) is 0 Å². The summed E-state index contributed by atoms with van der Waals surface area (Å²) >= 11 is 2.93. The fourth-order valence-corrected chi connectivity index (χ4v) is 0.493. The van der Waals surface area contributed by atoms with Gasteiger partial charge in [-0.1, -0.05) is 12.6 Å². The number of rotatable bonds is 3. The Morgan fingerprint density at radius 1 is 1.58 bits per heavy atom. The van der Waals surface area contributed by atoms with Crippen LogP contribution in [-0.2, 0) is 14.9 Å². The third-order valence-corrected chi connectivity index (χ3v) is 1.74. The van der Waals surface area contributed by atoms with Crippen LogP contribution in [0.1, 0.15) is 0 Å². The summed E-state index contributed by atoms with van der Waals surface area (Å²) in [6, 6.07) is 0. The standard InChI is InChI=1S/C3H4F2O5S2/c4-3(5,12(7,8)9)1-10-2(6)11/h1H2,(H,6,11)(H,7,8,9). The van der Waals surface area contributed by atoms with Crippen molar-refractivity contribution in [3.05, 3.63) is 0 Å². The van der Waals surface area contributed by atoms with E-state index in [1.807, 2.05) is 0 Å². The summed E-state index contributed by atoms with van der Waals surface area (Å²) in [6.45, 7) is -1.76. The molecule has 0 aliphatic heterocycles. The zero-order valence-electron chi connectivity index (χ0n) is 5.40. The van der Waals surface area contributed by atoms with Gasteiger partial charge in [0.2, 0.25) is 0 Å². The fourth-order valence-electron chi connectivity index (χ4n) is 0.220. The van der Waals surface area contributed by atoms with Crippen molar-refractivity contribution in [3.8, 4) is 0 Å². The van der Waals surface area contributed by atoms with Crippen molar-refractivity contribution in [2.75, 3.05) is 6.61 Å². The molecule has 0 heterocycles. The first-order valence-electron chi connectivity index (χ1n) is 2.37. The zero-order chi connectivity index (χ0) is 9.99. The minimum absolute atomic E-state index is 1.36. The van der Waals surface area contributed by atoms with E-state index in [1.165, 1.54) is 0 Å². The number of carbonyl (C=O) groups is 1. The quantitative estimate of drug-likeness (QED) is 0.413. The molecule has 1 N–H and O–H groups in total. The first kappa shape index (κ1) is 11.6. The van der Waals surface area contributed by atoms with Crippen LogP contribution < -0.4 is 0 Å². The van der Waals surface area contributed by atoms with Crippen LogP contribution in [0.15, 0.2) is 0 Å². The predicted octanol–water partition coefficient (Wildman–Crippen LogP) is 0.533. The van der Waals surface area contributed by atoms with Crippen LogP contribution in [0, 0.1) is 0 Å². The Hall–Kier alpha value is -0.410. The molecule has 5 nitrogen and oxygen atoms in total. The second-order valence-electron chi connectivity index (χ2n) is 1.67. The molecule has 0 atom stereocenters. The van der Waals surface area contributed by atoms with E-state index in [4.69, 9.17) is 4.55 Å². The molecule has 0 aliphatic carbocycles. The summed E-state index contributed by atoms with van der Waals surface area (Å²) in [6.07, 6.45) is 0. The number of thiol groups is 1. The van der Waals surface area contributed by atoms with Gasteiger partial charge in [0.05, 0.1) is 0 Å². The Morgan fingerprint density at radius 3 is 2.25 bits per heavy atom. The highest BCUT2D eigenvalue weighted by atomic mass is 32.2. The van der Waals surface area contributed by atoms with Crippen LogP contribution in [0.4, 0.5) is 13.6 Å². The van der Waals surface area contributed by atoms with Crippen LogP contribution in [0.3, 0.4) is 0 Å². The number of halogens is 2. The van der Waals surface area contributed by atoms with E-state index < -0.39 is 27.3 Å². The summed E-state index contributed by atoms with van der Waals surface area (Å²) in [5, 5.41) is -5.86. The molecule has 72 valence electrons. The van der Waals surface area contributed by atoms with Gasteiger partial charge in [0, 0.05) is 0 Å². The van der Waals surface area contributed by atoms with Crippen LogP contribution in [0.5, 0.6) is 0 Å². The molecule has 0 aromatic carbocycles. The Kier molecular flexibility index (Phi) is 3.42. The molecule has 0 aromatic rings. The first-order chi connectivity index (χ1) is 5.17. The lowest BCUT2D eigenvalue weighted by Gasteiger charge is -2.11. The highest BCUT2D eigenvalue weighted by Gasteiger charge is 2.45. The van der Waals surface area contributed by atoms with Crippen molar-refractivity contribution < 1.29 is 31.3 Å². The van der Waals surface area contributed by atoms with Crippen molar-refractivity contribution >= 4 is 28.0 Å². The van der Waals surface area contributed by atoms with Gasteiger partial charge in [-0.3, -0.25) is 4.55 Å². The lowest BCUT2D eigenvalue weighted by molar-refractivity contribution is 0.0148. The van der Waals surface area contributed by atoms with Gasteiger partial charge in [0.15, 0.2) is 6.61 Å². The Morgan fingerprint density at radius 2 is 2.00 bits per heavy atom. The van der Waals surface area contributed by atoms with Gasteiger partial charge < -0.3 is 4.74 Å². The maximum atomic E-state index is 12.1. The number of alkyl halides is 2. The predicted molar refractivity (Wildman–Crippen MR) is 36.8 cm³/mol. The molecular formula is C3H4F2O5S2. The van der Waals surface area contributed by atoms with Crippen LogP contribution >= 0.6 is 12.6 Å². The van der Waals surface area contributed by atoms with E-state index in [0.717, 1.165) is 0 Å². The molecule has 0 spiro atoms. The molecule has 0 amide bonds. The van der Waals surface area contributed by atoms with Crippen LogP contribution in [0.2, 0.25) is 0 Å². The number of hydrogen-bond donors (Lipinski definition) is 2. The molecule has 0 unspecified atom stereocenters. The Labute approximate surface area is 71.9 Å². The lowest BCUT2D eigenvalue weighted by atomic mass is 10.8. The molecule has 0 rings (SSSR count). The second kappa shape index (κ2) is 3.54. The second-order valence-corrected chi connectivity index (χ2v) is 3.58. The van der Waals surface area contributed by atoms with Crippen molar-refractivity contribution in [2.45, 2.75) is 5.25 Å². The monoisotopic (exact) mass is 222 g/mol. The molecule has 0 saturated heterocycles. The van der Waals surface area contributed by atoms with Gasteiger partial charge >= 0.3 is 20.7 Å². The van der Waals surface area contributed by atoms with Crippen molar-refractivity contribution in [2.24, 2.45) is 0 Å². The molecular weight excluding hydrogens is 218 g/mol. The first-order valence-corrected chi connectivity index (χ1v) is 4.26. The number of carbonyl (C=O) groups excluding carboxylic acids is 1. The fraction of sp³-hybridized carbons (Fsp3) is 0.667. The van der Waals surface area contributed by atoms with E-state index >= 15 is 0 Å². The molecule has 0 aromatic heterocycles. The van der Waals surface area contributed by atoms with Crippen molar-refractivity contribution in [1.29, 1.82) is 0 Å². The van der Waals surface area contributed by atoms with Crippen molar-refractivity contribution in [1.82, 2.24) is 0 Å². The average Bonchev–Trinajstić information content (AvgIpc) is 1.81. The van der Waals surface area contributed by atoms with Gasteiger partial charge in [0.1, 0.15) is 0 Å². The molecule has 0 aliphatic rings. The summed E-state index contributed by atoms with van der Waals surface area (Å²) in [5.41, 5.74) is 0. The van der Waals surface area contributed by atoms with Crippen LogP contribution in [0.25, 0.3) is 0 Å². The Bertz CT molecular complexity index is 270.